The third-order valence-electron chi connectivity index (χ3n) is 3.43. The third-order valence-corrected chi connectivity index (χ3v) is 6.04. The lowest BCUT2D eigenvalue weighted by Gasteiger charge is -2.00. The van der Waals surface area contributed by atoms with Gasteiger partial charge in [0, 0.05) is 14.0 Å². The van der Waals surface area contributed by atoms with E-state index in [1.165, 1.54) is 11.3 Å². The molecule has 2 heterocycles. The van der Waals surface area contributed by atoms with Crippen LogP contribution in [0.5, 0.6) is 0 Å². The summed E-state index contributed by atoms with van der Waals surface area (Å²) in [6, 6.07) is 10.0. The van der Waals surface area contributed by atoms with Gasteiger partial charge in [-0.05, 0) is 23.4 Å². The molecule has 0 bridgehead atoms. The summed E-state index contributed by atoms with van der Waals surface area (Å²) in [4.78, 5) is 17.0. The van der Waals surface area contributed by atoms with Crippen LogP contribution in [0, 0.1) is 6.92 Å². The lowest BCUT2D eigenvalue weighted by Crippen LogP contribution is -2.33. The molecule has 3 rings (SSSR count). The van der Waals surface area contributed by atoms with E-state index in [0.29, 0.717) is 4.70 Å². The topological polar surface area (TPSA) is 105 Å². The standard InChI is InChI=1S/C14H14N3OS2.CH4O4S/c1-9-15-12-11(13(18)16(9)2)20-14(19-3)17(12)10-7-5-4-6-8-10;1-5-6(2,3)4/h4-8H,1-3H3;1H3,(H,2,3,4)/q+1;/p-1. The summed E-state index contributed by atoms with van der Waals surface area (Å²) >= 11 is 3.13. The van der Waals surface area contributed by atoms with Crippen LogP contribution in [0.25, 0.3) is 16.0 Å². The Morgan fingerprint density at radius 3 is 2.38 bits per heavy atom. The van der Waals surface area contributed by atoms with Crippen molar-refractivity contribution in [2.24, 2.45) is 7.05 Å². The maximum Gasteiger partial charge on any atom is 0.355 e. The van der Waals surface area contributed by atoms with E-state index in [-0.39, 0.29) is 5.56 Å². The molecule has 0 saturated heterocycles. The highest BCUT2D eigenvalue weighted by molar-refractivity contribution is 8.00. The molecule has 0 N–H and O–H groups in total. The van der Waals surface area contributed by atoms with Crippen molar-refractivity contribution in [3.8, 4) is 5.69 Å². The molecule has 0 unspecified atom stereocenters. The number of thiazole rings is 1. The molecule has 1 aromatic carbocycles. The number of nitrogens with zero attached hydrogens (tertiary/aromatic N) is 3. The van der Waals surface area contributed by atoms with Crippen molar-refractivity contribution in [1.82, 2.24) is 9.55 Å². The van der Waals surface area contributed by atoms with Crippen LogP contribution in [0.1, 0.15) is 5.82 Å². The van der Waals surface area contributed by atoms with Crippen LogP contribution in [0.4, 0.5) is 0 Å². The monoisotopic (exact) mass is 415 g/mol. The Morgan fingerprint density at radius 2 is 1.88 bits per heavy atom. The second-order valence-corrected chi connectivity index (χ2v) is 8.20. The molecule has 0 amide bonds. The van der Waals surface area contributed by atoms with E-state index < -0.39 is 10.4 Å². The molecule has 0 radical (unpaired) electrons. The molecule has 26 heavy (non-hydrogen) atoms. The molecule has 140 valence electrons. The van der Waals surface area contributed by atoms with Gasteiger partial charge in [-0.15, -0.1) is 0 Å². The van der Waals surface area contributed by atoms with Gasteiger partial charge in [0.05, 0.1) is 7.11 Å². The van der Waals surface area contributed by atoms with Crippen molar-refractivity contribution in [3.63, 3.8) is 0 Å². The number of hydrogen-bond acceptors (Lipinski definition) is 8. The average Bonchev–Trinajstić information content (AvgIpc) is 2.99. The number of hydrogen-bond donors (Lipinski definition) is 0. The summed E-state index contributed by atoms with van der Waals surface area (Å²) in [5, 5.41) is 0. The van der Waals surface area contributed by atoms with Gasteiger partial charge in [0.1, 0.15) is 5.69 Å². The van der Waals surface area contributed by atoms with Crippen LogP contribution in [0.15, 0.2) is 39.5 Å². The van der Waals surface area contributed by atoms with E-state index in [9.17, 15) is 17.8 Å². The van der Waals surface area contributed by atoms with E-state index >= 15 is 0 Å². The molecule has 0 saturated carbocycles. The molecule has 8 nitrogen and oxygen atoms in total. The first-order valence-electron chi connectivity index (χ1n) is 7.22. The molecule has 11 heteroatoms. The molecule has 0 spiro atoms. The Labute approximate surface area is 159 Å². The highest BCUT2D eigenvalue weighted by atomic mass is 32.3. The van der Waals surface area contributed by atoms with Crippen molar-refractivity contribution in [2.75, 3.05) is 13.4 Å². The summed E-state index contributed by atoms with van der Waals surface area (Å²) in [7, 11) is -1.84. The Hall–Kier alpha value is -1.79. The van der Waals surface area contributed by atoms with Crippen LogP contribution >= 0.6 is 23.1 Å². The summed E-state index contributed by atoms with van der Waals surface area (Å²) < 4.78 is 36.4. The van der Waals surface area contributed by atoms with Crippen LogP contribution in [-0.2, 0) is 21.6 Å². The lowest BCUT2D eigenvalue weighted by atomic mass is 10.3. The maximum absolute atomic E-state index is 12.4. The van der Waals surface area contributed by atoms with Gasteiger partial charge in [-0.1, -0.05) is 41.3 Å². The summed E-state index contributed by atoms with van der Waals surface area (Å²) in [6.45, 7) is 1.85. The van der Waals surface area contributed by atoms with Crippen molar-refractivity contribution in [2.45, 2.75) is 11.3 Å². The van der Waals surface area contributed by atoms with Crippen LogP contribution in [-0.4, -0.2) is 35.9 Å². The van der Waals surface area contributed by atoms with Crippen LogP contribution in [0.2, 0.25) is 0 Å². The van der Waals surface area contributed by atoms with Gasteiger partial charge in [0.2, 0.25) is 20.6 Å². The predicted molar refractivity (Wildman–Crippen MR) is 99.6 cm³/mol. The molecule has 0 atom stereocenters. The summed E-state index contributed by atoms with van der Waals surface area (Å²) in [5.74, 6) is 0.720. The number of para-hydroxylation sites is 1. The molecule has 3 aromatic rings. The second kappa shape index (κ2) is 8.27. The van der Waals surface area contributed by atoms with E-state index in [1.807, 2.05) is 43.5 Å². The van der Waals surface area contributed by atoms with Gasteiger partial charge < -0.3 is 4.55 Å². The number of aryl methyl sites for hydroxylation is 1. The molecular formula is C15H17N3O5S3. The third kappa shape index (κ3) is 4.48. The fraction of sp³-hybridized carbons (Fsp3) is 0.267. The van der Waals surface area contributed by atoms with Gasteiger partial charge in [0.25, 0.3) is 5.56 Å². The van der Waals surface area contributed by atoms with E-state index in [0.717, 1.165) is 28.6 Å². The van der Waals surface area contributed by atoms with Crippen molar-refractivity contribution >= 4 is 43.8 Å². The normalized spacial score (nSPS) is 11.3. The van der Waals surface area contributed by atoms with E-state index in [1.54, 1.807) is 23.4 Å². The summed E-state index contributed by atoms with van der Waals surface area (Å²) in [6.07, 6.45) is 2.02. The first-order valence-corrected chi connectivity index (χ1v) is 10.6. The highest BCUT2D eigenvalue weighted by Crippen LogP contribution is 2.25. The number of aromatic nitrogens is 3. The Balaban J connectivity index is 0.000000352. The van der Waals surface area contributed by atoms with Gasteiger partial charge in [-0.25, -0.2) is 8.42 Å². The molecule has 0 aliphatic heterocycles. The zero-order chi connectivity index (χ0) is 19.5. The minimum absolute atomic E-state index is 0.0162. The van der Waals surface area contributed by atoms with E-state index in [4.69, 9.17) is 0 Å². The van der Waals surface area contributed by atoms with Gasteiger partial charge >= 0.3 is 5.65 Å². The second-order valence-electron chi connectivity index (χ2n) is 4.99. The van der Waals surface area contributed by atoms with Crippen molar-refractivity contribution < 1.29 is 21.7 Å². The molecule has 0 fully saturated rings. The number of rotatable bonds is 3. The van der Waals surface area contributed by atoms with E-state index in [2.05, 4.69) is 13.7 Å². The molecular weight excluding hydrogens is 398 g/mol. The molecule has 2 aromatic heterocycles. The lowest BCUT2D eigenvalue weighted by molar-refractivity contribution is -0.603. The quantitative estimate of drug-likeness (QED) is 0.275. The fourth-order valence-corrected chi connectivity index (χ4v) is 3.94. The largest absolute Gasteiger partial charge is 0.726 e. The predicted octanol–water partition coefficient (Wildman–Crippen LogP) is 1.40. The average molecular weight is 416 g/mol. The minimum atomic E-state index is -4.41. The number of thioether (sulfide) groups is 1. The molecule has 0 aliphatic rings. The Kier molecular flexibility index (Phi) is 6.53. The maximum atomic E-state index is 12.4. The fourth-order valence-electron chi connectivity index (χ4n) is 2.07. The van der Waals surface area contributed by atoms with Crippen molar-refractivity contribution in [1.29, 1.82) is 0 Å². The van der Waals surface area contributed by atoms with Gasteiger partial charge in [0.15, 0.2) is 4.70 Å². The van der Waals surface area contributed by atoms with Crippen LogP contribution < -0.4 is 10.1 Å². The van der Waals surface area contributed by atoms with Gasteiger partial charge in [-0.3, -0.25) is 13.5 Å². The Morgan fingerprint density at radius 1 is 1.31 bits per heavy atom. The smallest absolute Gasteiger partial charge is 0.355 e. The number of fused-ring (bicyclic) bond motifs is 1. The molecule has 0 aliphatic carbocycles. The highest BCUT2D eigenvalue weighted by Gasteiger charge is 2.25. The Bertz CT molecular complexity index is 1080. The number of benzene rings is 1. The van der Waals surface area contributed by atoms with Gasteiger partial charge in [-0.2, -0.15) is 4.57 Å². The van der Waals surface area contributed by atoms with Crippen LogP contribution in [0.3, 0.4) is 0 Å². The zero-order valence-corrected chi connectivity index (χ0v) is 16.9. The first kappa shape index (κ1) is 20.5. The first-order chi connectivity index (χ1) is 12.2. The van der Waals surface area contributed by atoms with Crippen molar-refractivity contribution in [3.05, 3.63) is 46.5 Å². The summed E-state index contributed by atoms with van der Waals surface area (Å²) in [5.41, 5.74) is 1.79. The zero-order valence-electron chi connectivity index (χ0n) is 14.5. The minimum Gasteiger partial charge on any atom is -0.726 e. The SMILES string of the molecule is COS(=O)(=O)[O-].CSc1sc2c(=O)n(C)c(C)nc2[n+]1-c1ccccc1.